The first-order chi connectivity index (χ1) is 13.3. The smallest absolute Gasteiger partial charge is 0.295 e. The number of hydrogen-bond acceptors (Lipinski definition) is 3. The van der Waals surface area contributed by atoms with Crippen molar-refractivity contribution in [1.82, 2.24) is 0 Å². The Hall–Kier alpha value is -1.83. The van der Waals surface area contributed by atoms with Crippen LogP contribution in [0.4, 0.5) is 8.78 Å². The van der Waals surface area contributed by atoms with Crippen molar-refractivity contribution in [2.45, 2.75) is 50.9 Å². The number of primary amides is 1. The van der Waals surface area contributed by atoms with E-state index >= 15 is 8.78 Å². The standard InChI is InChI=1S/C21H27F2NO2SSi/c1-4-28(5-2,6-3)26-19(17-12-14-27-15-17)21(22,23)13-11-16-9-7-8-10-18(16)20(24)25/h7-15,19H,4-6H2,1-3H3,(H2,24,25)/b13-11+. The van der Waals surface area contributed by atoms with Crippen LogP contribution in [-0.2, 0) is 4.43 Å². The van der Waals surface area contributed by atoms with E-state index in [4.69, 9.17) is 10.2 Å². The summed E-state index contributed by atoms with van der Waals surface area (Å²) in [5, 5.41) is 3.49. The Morgan fingerprint density at radius 3 is 2.39 bits per heavy atom. The molecule has 28 heavy (non-hydrogen) atoms. The minimum absolute atomic E-state index is 0.210. The van der Waals surface area contributed by atoms with E-state index in [0.29, 0.717) is 11.1 Å². The quantitative estimate of drug-likeness (QED) is 0.459. The summed E-state index contributed by atoms with van der Waals surface area (Å²) >= 11 is 1.37. The molecule has 0 saturated heterocycles. The van der Waals surface area contributed by atoms with Crippen LogP contribution in [0.1, 0.15) is 48.4 Å². The van der Waals surface area contributed by atoms with Gasteiger partial charge in [0.2, 0.25) is 5.91 Å². The molecule has 1 amide bonds. The number of nitrogens with two attached hydrogens (primary N) is 1. The average molecular weight is 424 g/mol. The van der Waals surface area contributed by atoms with E-state index in [2.05, 4.69) is 0 Å². The van der Waals surface area contributed by atoms with Crippen molar-refractivity contribution in [2.75, 3.05) is 0 Å². The molecule has 152 valence electrons. The third-order valence-corrected chi connectivity index (χ3v) is 10.5. The topological polar surface area (TPSA) is 52.3 Å². The van der Waals surface area contributed by atoms with Crippen molar-refractivity contribution in [3.05, 3.63) is 63.9 Å². The molecule has 0 bridgehead atoms. The van der Waals surface area contributed by atoms with Gasteiger partial charge in [-0.05, 0) is 58.2 Å². The second-order valence-corrected chi connectivity index (χ2v) is 12.3. The minimum Gasteiger partial charge on any atom is -0.404 e. The van der Waals surface area contributed by atoms with Gasteiger partial charge in [0.1, 0.15) is 6.10 Å². The molecular formula is C21H27F2NO2SSi. The van der Waals surface area contributed by atoms with Crippen molar-refractivity contribution >= 4 is 31.6 Å². The molecule has 1 aromatic heterocycles. The highest BCUT2D eigenvalue weighted by molar-refractivity contribution is 7.08. The van der Waals surface area contributed by atoms with Gasteiger partial charge in [0.15, 0.2) is 8.32 Å². The number of benzene rings is 1. The molecule has 1 atom stereocenters. The first kappa shape index (κ1) is 22.5. The molecule has 7 heteroatoms. The van der Waals surface area contributed by atoms with E-state index in [1.165, 1.54) is 23.5 Å². The van der Waals surface area contributed by atoms with Crippen LogP contribution in [0.2, 0.25) is 18.1 Å². The molecule has 1 unspecified atom stereocenters. The van der Waals surface area contributed by atoms with Crippen LogP contribution < -0.4 is 5.73 Å². The maximum atomic E-state index is 15.3. The normalized spacial score (nSPS) is 13.8. The lowest BCUT2D eigenvalue weighted by Crippen LogP contribution is -2.41. The molecule has 0 spiro atoms. The zero-order chi connectivity index (χ0) is 20.8. The second-order valence-electron chi connectivity index (χ2n) is 6.76. The predicted octanol–water partition coefficient (Wildman–Crippen LogP) is 6.26. The Morgan fingerprint density at radius 2 is 1.86 bits per heavy atom. The number of amides is 1. The maximum Gasteiger partial charge on any atom is 0.295 e. The third kappa shape index (κ3) is 5.15. The summed E-state index contributed by atoms with van der Waals surface area (Å²) in [6.07, 6.45) is 0.745. The molecule has 0 radical (unpaired) electrons. The van der Waals surface area contributed by atoms with Crippen LogP contribution in [0.5, 0.6) is 0 Å². The Balaban J connectivity index is 2.41. The van der Waals surface area contributed by atoms with Gasteiger partial charge in [0.05, 0.1) is 0 Å². The van der Waals surface area contributed by atoms with Gasteiger partial charge >= 0.3 is 0 Å². The highest BCUT2D eigenvalue weighted by Crippen LogP contribution is 2.41. The summed E-state index contributed by atoms with van der Waals surface area (Å²) in [4.78, 5) is 11.6. The van der Waals surface area contributed by atoms with Crippen molar-refractivity contribution in [3.63, 3.8) is 0 Å². The van der Waals surface area contributed by atoms with Gasteiger partial charge in [-0.25, -0.2) is 0 Å². The molecular weight excluding hydrogens is 396 g/mol. The van der Waals surface area contributed by atoms with E-state index < -0.39 is 26.3 Å². The highest BCUT2D eigenvalue weighted by atomic mass is 32.1. The van der Waals surface area contributed by atoms with E-state index in [0.717, 1.165) is 24.2 Å². The lowest BCUT2D eigenvalue weighted by molar-refractivity contribution is -0.0625. The summed E-state index contributed by atoms with van der Waals surface area (Å²) in [5.74, 6) is -3.88. The van der Waals surface area contributed by atoms with Crippen LogP contribution >= 0.6 is 11.3 Å². The molecule has 3 nitrogen and oxygen atoms in total. The first-order valence-electron chi connectivity index (χ1n) is 9.44. The number of hydrogen-bond donors (Lipinski definition) is 1. The lowest BCUT2D eigenvalue weighted by Gasteiger charge is -2.35. The maximum absolute atomic E-state index is 15.3. The number of carbonyl (C=O) groups is 1. The van der Waals surface area contributed by atoms with Gasteiger partial charge in [0.25, 0.3) is 5.92 Å². The van der Waals surface area contributed by atoms with Gasteiger partial charge < -0.3 is 10.2 Å². The Labute approximate surface area is 170 Å². The van der Waals surface area contributed by atoms with Gasteiger partial charge in [-0.1, -0.05) is 45.0 Å². The van der Waals surface area contributed by atoms with Crippen LogP contribution in [0, 0.1) is 0 Å². The SMILES string of the molecule is CC[Si](CC)(CC)OC(c1ccsc1)C(F)(F)/C=C/c1ccccc1C(N)=O. The molecule has 0 saturated carbocycles. The van der Waals surface area contributed by atoms with Gasteiger partial charge in [-0.3, -0.25) is 4.79 Å². The minimum atomic E-state index is -3.23. The number of alkyl halides is 2. The van der Waals surface area contributed by atoms with Crippen LogP contribution in [0.15, 0.2) is 47.2 Å². The van der Waals surface area contributed by atoms with Crippen molar-refractivity contribution in [1.29, 1.82) is 0 Å². The molecule has 0 aliphatic rings. The van der Waals surface area contributed by atoms with Crippen molar-refractivity contribution < 1.29 is 18.0 Å². The zero-order valence-electron chi connectivity index (χ0n) is 16.5. The van der Waals surface area contributed by atoms with Crippen LogP contribution in [0.3, 0.4) is 0 Å². The predicted molar refractivity (Wildman–Crippen MR) is 114 cm³/mol. The second kappa shape index (κ2) is 9.58. The van der Waals surface area contributed by atoms with E-state index in [1.807, 2.05) is 20.8 Å². The molecule has 2 aromatic rings. The molecule has 1 aromatic carbocycles. The van der Waals surface area contributed by atoms with E-state index in [-0.39, 0.29) is 5.56 Å². The van der Waals surface area contributed by atoms with Gasteiger partial charge in [0, 0.05) is 5.56 Å². The number of halogens is 2. The zero-order valence-corrected chi connectivity index (χ0v) is 18.3. The Morgan fingerprint density at radius 1 is 1.21 bits per heavy atom. The Kier molecular flexibility index (Phi) is 7.68. The Bertz CT molecular complexity index is 796. The lowest BCUT2D eigenvalue weighted by atomic mass is 10.0. The molecule has 0 aliphatic carbocycles. The largest absolute Gasteiger partial charge is 0.404 e. The molecule has 0 aliphatic heterocycles. The van der Waals surface area contributed by atoms with Crippen LogP contribution in [-0.4, -0.2) is 20.1 Å². The first-order valence-corrected chi connectivity index (χ1v) is 12.9. The third-order valence-electron chi connectivity index (χ3n) is 5.21. The van der Waals surface area contributed by atoms with E-state index in [9.17, 15) is 4.79 Å². The van der Waals surface area contributed by atoms with Crippen molar-refractivity contribution in [3.8, 4) is 0 Å². The van der Waals surface area contributed by atoms with Gasteiger partial charge in [-0.2, -0.15) is 20.1 Å². The summed E-state index contributed by atoms with van der Waals surface area (Å²) < 4.78 is 36.8. The fraction of sp³-hybridized carbons (Fsp3) is 0.381. The average Bonchev–Trinajstić information content (AvgIpc) is 3.22. The summed E-state index contributed by atoms with van der Waals surface area (Å²) in [6.45, 7) is 6.04. The monoisotopic (exact) mass is 423 g/mol. The molecule has 1 heterocycles. The molecule has 2 N–H and O–H groups in total. The summed E-state index contributed by atoms with van der Waals surface area (Å²) in [7, 11) is -2.27. The summed E-state index contributed by atoms with van der Waals surface area (Å²) in [5.41, 5.74) is 6.41. The fourth-order valence-corrected chi connectivity index (χ4v) is 6.66. The van der Waals surface area contributed by atoms with Crippen LogP contribution in [0.25, 0.3) is 6.08 Å². The fourth-order valence-electron chi connectivity index (χ4n) is 3.20. The molecule has 2 rings (SSSR count). The number of thiophene rings is 1. The highest BCUT2D eigenvalue weighted by Gasteiger charge is 2.44. The summed E-state index contributed by atoms with van der Waals surface area (Å²) in [6, 6.07) is 10.5. The van der Waals surface area contributed by atoms with Gasteiger partial charge in [-0.15, -0.1) is 0 Å². The van der Waals surface area contributed by atoms with E-state index in [1.54, 1.807) is 35.0 Å². The number of rotatable bonds is 10. The molecule has 0 fully saturated rings. The van der Waals surface area contributed by atoms with Crippen molar-refractivity contribution in [2.24, 2.45) is 5.73 Å². The number of carbonyl (C=O) groups excluding carboxylic acids is 1.